The van der Waals surface area contributed by atoms with Crippen molar-refractivity contribution in [3.63, 3.8) is 0 Å². The van der Waals surface area contributed by atoms with Crippen LogP contribution in [-0.4, -0.2) is 27.0 Å². The van der Waals surface area contributed by atoms with Crippen molar-refractivity contribution in [1.82, 2.24) is 14.1 Å². The average Bonchev–Trinajstić information content (AvgIpc) is 3.02. The van der Waals surface area contributed by atoms with Crippen molar-refractivity contribution < 1.29 is 4.74 Å². The Morgan fingerprint density at radius 3 is 2.85 bits per heavy atom. The van der Waals surface area contributed by atoms with Crippen LogP contribution in [0.2, 0.25) is 0 Å². The summed E-state index contributed by atoms with van der Waals surface area (Å²) in [5, 5.41) is 1.78. The number of hydrogen-bond donors (Lipinski definition) is 0. The zero-order valence-corrected chi connectivity index (χ0v) is 15.8. The normalized spacial score (nSPS) is 13.8. The topological polar surface area (TPSA) is 49.1 Å². The Morgan fingerprint density at radius 1 is 1.19 bits per heavy atom. The van der Waals surface area contributed by atoms with Gasteiger partial charge in [-0.05, 0) is 30.2 Å². The van der Waals surface area contributed by atoms with Gasteiger partial charge in [-0.15, -0.1) is 0 Å². The minimum Gasteiger partial charge on any atom is -0.497 e. The van der Waals surface area contributed by atoms with E-state index in [0.717, 1.165) is 51.6 Å². The predicted molar refractivity (Wildman–Crippen MR) is 109 cm³/mol. The molecule has 0 spiro atoms. The molecule has 0 unspecified atom stereocenters. The maximum Gasteiger partial charge on any atom is 0.278 e. The summed E-state index contributed by atoms with van der Waals surface area (Å²) in [6, 6.07) is 16.2. The van der Waals surface area contributed by atoms with Gasteiger partial charge in [-0.25, -0.2) is 4.98 Å². The van der Waals surface area contributed by atoms with Gasteiger partial charge in [0.15, 0.2) is 5.16 Å². The van der Waals surface area contributed by atoms with E-state index < -0.39 is 0 Å². The fourth-order valence-corrected chi connectivity index (χ4v) is 4.71. The quantitative estimate of drug-likeness (QED) is 0.508. The molecule has 0 amide bonds. The second-order valence-corrected chi connectivity index (χ2v) is 7.77. The number of thioether (sulfide) groups is 1. The molecule has 136 valence electrons. The lowest BCUT2D eigenvalue weighted by molar-refractivity contribution is 0.415. The first-order valence-electron chi connectivity index (χ1n) is 9.04. The monoisotopic (exact) mass is 377 g/mol. The summed E-state index contributed by atoms with van der Waals surface area (Å²) in [6.07, 6.45) is 0.998. The number of nitrogens with zero attached hydrogens (tertiary/aromatic N) is 3. The van der Waals surface area contributed by atoms with E-state index in [0.29, 0.717) is 12.1 Å². The van der Waals surface area contributed by atoms with Crippen molar-refractivity contribution >= 4 is 33.7 Å². The molecular formula is C21H19N3O2S. The molecule has 5 nitrogen and oxygen atoms in total. The highest BCUT2D eigenvalue weighted by atomic mass is 32.2. The van der Waals surface area contributed by atoms with Crippen molar-refractivity contribution in [3.05, 3.63) is 64.4 Å². The predicted octanol–water partition coefficient (Wildman–Crippen LogP) is 3.90. The number of hydrogen-bond acceptors (Lipinski definition) is 4. The molecule has 4 aromatic rings. The van der Waals surface area contributed by atoms with Gasteiger partial charge in [0.05, 0.1) is 12.6 Å². The Balaban J connectivity index is 1.86. The summed E-state index contributed by atoms with van der Waals surface area (Å²) in [5.74, 6) is 1.78. The second kappa shape index (κ2) is 6.46. The molecule has 1 aliphatic heterocycles. The number of aromatic nitrogens is 3. The van der Waals surface area contributed by atoms with Crippen LogP contribution in [0.4, 0.5) is 0 Å². The Hall–Kier alpha value is -2.73. The second-order valence-electron chi connectivity index (χ2n) is 6.71. The van der Waals surface area contributed by atoms with Gasteiger partial charge < -0.3 is 9.30 Å². The maximum atomic E-state index is 13.4. The van der Waals surface area contributed by atoms with Crippen LogP contribution in [0.1, 0.15) is 12.0 Å². The summed E-state index contributed by atoms with van der Waals surface area (Å²) in [5.41, 5.74) is 3.66. The molecule has 0 saturated heterocycles. The van der Waals surface area contributed by atoms with Crippen molar-refractivity contribution in [2.24, 2.45) is 0 Å². The third-order valence-electron chi connectivity index (χ3n) is 5.07. The molecule has 27 heavy (non-hydrogen) atoms. The third kappa shape index (κ3) is 2.63. The summed E-state index contributed by atoms with van der Waals surface area (Å²) in [6.45, 7) is 1.37. The molecule has 0 aliphatic carbocycles. The van der Waals surface area contributed by atoms with Gasteiger partial charge in [0.2, 0.25) is 0 Å². The van der Waals surface area contributed by atoms with Crippen molar-refractivity contribution in [1.29, 1.82) is 0 Å². The summed E-state index contributed by atoms with van der Waals surface area (Å²) in [4.78, 5) is 18.3. The fourth-order valence-electron chi connectivity index (χ4n) is 3.77. The van der Waals surface area contributed by atoms with E-state index in [1.54, 1.807) is 18.9 Å². The molecule has 2 aromatic heterocycles. The molecule has 0 atom stereocenters. The standard InChI is InChI=1S/C21H19N3O2S/c1-26-15-8-9-17-16(12-15)18-19(24(17)13-14-6-3-2-4-7-14)20(25)23-10-5-11-27-21(23)22-18/h2-4,6-9,12H,5,10-11,13H2,1H3. The number of methoxy groups -OCH3 is 1. The maximum absolute atomic E-state index is 13.4. The van der Waals surface area contributed by atoms with Gasteiger partial charge in [0, 0.05) is 24.2 Å². The molecular weight excluding hydrogens is 358 g/mol. The molecule has 0 saturated carbocycles. The van der Waals surface area contributed by atoms with Crippen molar-refractivity contribution in [2.75, 3.05) is 12.9 Å². The van der Waals surface area contributed by atoms with Gasteiger partial charge in [0.1, 0.15) is 16.8 Å². The van der Waals surface area contributed by atoms with Crippen LogP contribution in [0.25, 0.3) is 21.9 Å². The van der Waals surface area contributed by atoms with Gasteiger partial charge >= 0.3 is 0 Å². The highest BCUT2D eigenvalue weighted by molar-refractivity contribution is 7.99. The molecule has 6 heteroatoms. The zero-order valence-electron chi connectivity index (χ0n) is 15.0. The number of benzene rings is 2. The largest absolute Gasteiger partial charge is 0.497 e. The van der Waals surface area contributed by atoms with E-state index in [2.05, 4.69) is 16.7 Å². The zero-order chi connectivity index (χ0) is 18.4. The Labute approximate surface area is 160 Å². The van der Waals surface area contributed by atoms with Crippen molar-refractivity contribution in [3.8, 4) is 5.75 Å². The summed E-state index contributed by atoms with van der Waals surface area (Å²) < 4.78 is 9.34. The first kappa shape index (κ1) is 16.4. The van der Waals surface area contributed by atoms with Crippen LogP contribution in [0.5, 0.6) is 5.75 Å². The molecule has 0 radical (unpaired) electrons. The minimum atomic E-state index is 0.0493. The Kier molecular flexibility index (Phi) is 3.93. The number of fused-ring (bicyclic) bond motifs is 4. The molecule has 0 N–H and O–H groups in total. The lowest BCUT2D eigenvalue weighted by atomic mass is 10.2. The van der Waals surface area contributed by atoms with Crippen LogP contribution in [0.15, 0.2) is 58.5 Å². The summed E-state index contributed by atoms with van der Waals surface area (Å²) >= 11 is 1.66. The molecule has 1 aliphatic rings. The van der Waals surface area contributed by atoms with E-state index >= 15 is 0 Å². The lowest BCUT2D eigenvalue weighted by Crippen LogP contribution is -2.27. The molecule has 2 aromatic carbocycles. The van der Waals surface area contributed by atoms with E-state index in [9.17, 15) is 4.79 Å². The van der Waals surface area contributed by atoms with Crippen LogP contribution in [-0.2, 0) is 13.1 Å². The molecule has 0 bridgehead atoms. The van der Waals surface area contributed by atoms with Crippen LogP contribution in [0, 0.1) is 0 Å². The average molecular weight is 377 g/mol. The highest BCUT2D eigenvalue weighted by Gasteiger charge is 2.22. The number of rotatable bonds is 3. The lowest BCUT2D eigenvalue weighted by Gasteiger charge is -2.17. The molecule has 3 heterocycles. The SMILES string of the molecule is COc1ccc2c(c1)c1nc3n(c(=O)c1n2Cc1ccccc1)CCCS3. The molecule has 5 rings (SSSR count). The smallest absolute Gasteiger partial charge is 0.278 e. The molecule has 0 fully saturated rings. The van der Waals surface area contributed by atoms with Crippen LogP contribution in [0.3, 0.4) is 0 Å². The van der Waals surface area contributed by atoms with Gasteiger partial charge in [0.25, 0.3) is 5.56 Å². The Morgan fingerprint density at radius 2 is 2.04 bits per heavy atom. The first-order valence-corrected chi connectivity index (χ1v) is 10.0. The van der Waals surface area contributed by atoms with Crippen molar-refractivity contribution in [2.45, 2.75) is 24.7 Å². The van der Waals surface area contributed by atoms with E-state index in [-0.39, 0.29) is 5.56 Å². The van der Waals surface area contributed by atoms with Gasteiger partial charge in [-0.1, -0.05) is 42.1 Å². The fraction of sp³-hybridized carbons (Fsp3) is 0.238. The van der Waals surface area contributed by atoms with Crippen LogP contribution < -0.4 is 10.3 Å². The first-order chi connectivity index (χ1) is 13.3. The third-order valence-corrected chi connectivity index (χ3v) is 6.13. The van der Waals surface area contributed by atoms with E-state index in [1.165, 1.54) is 0 Å². The van der Waals surface area contributed by atoms with E-state index in [1.807, 2.05) is 41.0 Å². The Bertz CT molecular complexity index is 1210. The minimum absolute atomic E-state index is 0.0493. The summed E-state index contributed by atoms with van der Waals surface area (Å²) in [7, 11) is 1.66. The number of ether oxygens (including phenoxy) is 1. The van der Waals surface area contributed by atoms with Crippen LogP contribution >= 0.6 is 11.8 Å². The van der Waals surface area contributed by atoms with Gasteiger partial charge in [-0.2, -0.15) is 0 Å². The highest BCUT2D eigenvalue weighted by Crippen LogP contribution is 2.32. The van der Waals surface area contributed by atoms with E-state index in [4.69, 9.17) is 9.72 Å². The van der Waals surface area contributed by atoms with Gasteiger partial charge in [-0.3, -0.25) is 9.36 Å².